The van der Waals surface area contributed by atoms with Crippen LogP contribution in [-0.2, 0) is 4.79 Å². The molecule has 0 radical (unpaired) electrons. The van der Waals surface area contributed by atoms with Crippen molar-refractivity contribution in [3.8, 4) is 0 Å². The van der Waals surface area contributed by atoms with E-state index >= 15 is 0 Å². The maximum absolute atomic E-state index is 9.65. The van der Waals surface area contributed by atoms with Crippen molar-refractivity contribution < 1.29 is 4.79 Å². The molecule has 1 N–H and O–H groups in total. The molecule has 0 rings (SSSR count). The summed E-state index contributed by atoms with van der Waals surface area (Å²) in [7, 11) is 1.88. The molecule has 0 spiro atoms. The van der Waals surface area contributed by atoms with Gasteiger partial charge >= 0.3 is 0 Å². The Morgan fingerprint density at radius 2 is 1.64 bits per heavy atom. The fraction of sp³-hybridized carbons (Fsp3) is 0.889. The predicted molar refractivity (Wildman–Crippen MR) is 51.9 cm³/mol. The molecule has 0 saturated heterocycles. The van der Waals surface area contributed by atoms with Crippen molar-refractivity contribution in [2.45, 2.75) is 40.5 Å². The molecule has 0 aliphatic rings. The summed E-state index contributed by atoms with van der Waals surface area (Å²) >= 11 is 0. The SMILES string of the molecule is CC.CC.CNCCCC=O. The van der Waals surface area contributed by atoms with Crippen molar-refractivity contribution in [2.24, 2.45) is 0 Å². The van der Waals surface area contributed by atoms with Crippen LogP contribution in [-0.4, -0.2) is 19.9 Å². The summed E-state index contributed by atoms with van der Waals surface area (Å²) in [6, 6.07) is 0. The lowest BCUT2D eigenvalue weighted by atomic mass is 10.3. The lowest BCUT2D eigenvalue weighted by Crippen LogP contribution is -2.06. The zero-order valence-corrected chi connectivity index (χ0v) is 8.61. The molecule has 11 heavy (non-hydrogen) atoms. The number of carbonyl (C=O) groups is 1. The third-order valence-electron chi connectivity index (χ3n) is 0.749. The van der Waals surface area contributed by atoms with Crippen LogP contribution < -0.4 is 5.32 Å². The summed E-state index contributed by atoms with van der Waals surface area (Å²) < 4.78 is 0. The largest absolute Gasteiger partial charge is 0.320 e. The van der Waals surface area contributed by atoms with E-state index in [-0.39, 0.29) is 0 Å². The highest BCUT2D eigenvalue weighted by Gasteiger charge is 1.78. The van der Waals surface area contributed by atoms with Gasteiger partial charge in [0.25, 0.3) is 0 Å². The lowest BCUT2D eigenvalue weighted by molar-refractivity contribution is -0.107. The van der Waals surface area contributed by atoms with Crippen molar-refractivity contribution >= 4 is 6.29 Å². The van der Waals surface area contributed by atoms with E-state index in [2.05, 4.69) is 5.32 Å². The van der Waals surface area contributed by atoms with Crippen LogP contribution in [0.5, 0.6) is 0 Å². The average Bonchev–Trinajstić information content (AvgIpc) is 2.13. The number of aldehydes is 1. The molecule has 0 heterocycles. The Hall–Kier alpha value is -0.370. The van der Waals surface area contributed by atoms with Gasteiger partial charge in [-0.25, -0.2) is 0 Å². The predicted octanol–water partition coefficient (Wildman–Crippen LogP) is 2.24. The van der Waals surface area contributed by atoms with Gasteiger partial charge in [-0.3, -0.25) is 0 Å². The average molecular weight is 161 g/mol. The van der Waals surface area contributed by atoms with Gasteiger partial charge in [0.2, 0.25) is 0 Å². The summed E-state index contributed by atoms with van der Waals surface area (Å²) in [5.41, 5.74) is 0. The van der Waals surface area contributed by atoms with E-state index in [0.717, 1.165) is 19.3 Å². The lowest BCUT2D eigenvalue weighted by Gasteiger charge is -1.89. The van der Waals surface area contributed by atoms with Gasteiger partial charge in [0, 0.05) is 6.42 Å². The van der Waals surface area contributed by atoms with Gasteiger partial charge < -0.3 is 10.1 Å². The molecule has 0 atom stereocenters. The van der Waals surface area contributed by atoms with Crippen LogP contribution in [0, 0.1) is 0 Å². The molecular formula is C9H23NO. The van der Waals surface area contributed by atoms with Gasteiger partial charge in [0.05, 0.1) is 0 Å². The van der Waals surface area contributed by atoms with Crippen LogP contribution in [0.15, 0.2) is 0 Å². The highest BCUT2D eigenvalue weighted by atomic mass is 16.1. The van der Waals surface area contributed by atoms with Gasteiger partial charge in [-0.15, -0.1) is 0 Å². The van der Waals surface area contributed by atoms with E-state index in [9.17, 15) is 4.79 Å². The standard InChI is InChI=1S/C5H11NO.2C2H6/c1-6-4-2-3-5-7;2*1-2/h5-6H,2-4H2,1H3;2*1-2H3. The Balaban J connectivity index is -0.000000138. The second-order valence-electron chi connectivity index (χ2n) is 1.41. The van der Waals surface area contributed by atoms with E-state index in [0.29, 0.717) is 6.42 Å². The molecule has 2 heteroatoms. The number of unbranched alkanes of at least 4 members (excludes halogenated alkanes) is 1. The monoisotopic (exact) mass is 161 g/mol. The molecule has 0 saturated carbocycles. The van der Waals surface area contributed by atoms with Gasteiger partial charge in [-0.05, 0) is 20.0 Å². The molecule has 0 aromatic rings. The number of hydrogen-bond donors (Lipinski definition) is 1. The zero-order chi connectivity index (χ0) is 9.54. The van der Waals surface area contributed by atoms with E-state index in [1.54, 1.807) is 0 Å². The minimum Gasteiger partial charge on any atom is -0.320 e. The Kier molecular flexibility index (Phi) is 51.5. The van der Waals surface area contributed by atoms with Crippen LogP contribution in [0.25, 0.3) is 0 Å². The highest BCUT2D eigenvalue weighted by Crippen LogP contribution is 1.77. The molecule has 0 unspecified atom stereocenters. The van der Waals surface area contributed by atoms with Crippen molar-refractivity contribution in [3.05, 3.63) is 0 Å². The van der Waals surface area contributed by atoms with Crippen molar-refractivity contribution in [2.75, 3.05) is 13.6 Å². The number of nitrogens with one attached hydrogen (secondary N) is 1. The summed E-state index contributed by atoms with van der Waals surface area (Å²) in [5.74, 6) is 0. The Morgan fingerprint density at radius 3 is 1.91 bits per heavy atom. The molecule has 0 amide bonds. The molecule has 0 aromatic carbocycles. The first-order valence-electron chi connectivity index (χ1n) is 4.50. The van der Waals surface area contributed by atoms with Gasteiger partial charge in [0.1, 0.15) is 6.29 Å². The first kappa shape index (κ1) is 16.9. The van der Waals surface area contributed by atoms with Gasteiger partial charge in [0.15, 0.2) is 0 Å². The fourth-order valence-electron chi connectivity index (χ4n) is 0.362. The molecule has 0 aliphatic heterocycles. The van der Waals surface area contributed by atoms with Crippen LogP contribution >= 0.6 is 0 Å². The topological polar surface area (TPSA) is 29.1 Å². The third-order valence-corrected chi connectivity index (χ3v) is 0.749. The smallest absolute Gasteiger partial charge is 0.120 e. The normalized spacial score (nSPS) is 6.64. The zero-order valence-electron chi connectivity index (χ0n) is 8.61. The maximum atomic E-state index is 9.65. The van der Waals surface area contributed by atoms with E-state index in [1.165, 1.54) is 0 Å². The quantitative estimate of drug-likeness (QED) is 0.506. The Labute approximate surface area is 71.4 Å². The van der Waals surface area contributed by atoms with Crippen molar-refractivity contribution in [1.29, 1.82) is 0 Å². The minimum atomic E-state index is 0.681. The maximum Gasteiger partial charge on any atom is 0.120 e. The Morgan fingerprint density at radius 1 is 1.18 bits per heavy atom. The van der Waals surface area contributed by atoms with Crippen LogP contribution in [0.1, 0.15) is 40.5 Å². The summed E-state index contributed by atoms with van der Waals surface area (Å²) in [4.78, 5) is 9.65. The fourth-order valence-corrected chi connectivity index (χ4v) is 0.362. The molecular weight excluding hydrogens is 138 g/mol. The van der Waals surface area contributed by atoms with Crippen LogP contribution in [0.4, 0.5) is 0 Å². The summed E-state index contributed by atoms with van der Waals surface area (Å²) in [5, 5.41) is 2.94. The highest BCUT2D eigenvalue weighted by molar-refractivity contribution is 5.48. The number of rotatable bonds is 4. The van der Waals surface area contributed by atoms with Gasteiger partial charge in [-0.1, -0.05) is 27.7 Å². The first-order valence-corrected chi connectivity index (χ1v) is 4.50. The van der Waals surface area contributed by atoms with Crippen molar-refractivity contribution in [1.82, 2.24) is 5.32 Å². The van der Waals surface area contributed by atoms with Crippen molar-refractivity contribution in [3.63, 3.8) is 0 Å². The van der Waals surface area contributed by atoms with Crippen LogP contribution in [0.2, 0.25) is 0 Å². The number of carbonyl (C=O) groups excluding carboxylic acids is 1. The summed E-state index contributed by atoms with van der Waals surface area (Å²) in [6.07, 6.45) is 2.58. The van der Waals surface area contributed by atoms with E-state index < -0.39 is 0 Å². The number of hydrogen-bond acceptors (Lipinski definition) is 2. The second-order valence-corrected chi connectivity index (χ2v) is 1.41. The molecule has 70 valence electrons. The third kappa shape index (κ3) is 42.5. The molecule has 0 aromatic heterocycles. The minimum absolute atomic E-state index is 0.681. The Bertz CT molecular complexity index is 46.8. The summed E-state index contributed by atoms with van der Waals surface area (Å²) in [6.45, 7) is 8.94. The van der Waals surface area contributed by atoms with E-state index in [4.69, 9.17) is 0 Å². The molecule has 0 aliphatic carbocycles. The first-order chi connectivity index (χ1) is 5.41. The van der Waals surface area contributed by atoms with E-state index in [1.807, 2.05) is 34.7 Å². The van der Waals surface area contributed by atoms with Crippen LogP contribution in [0.3, 0.4) is 0 Å². The molecule has 0 fully saturated rings. The van der Waals surface area contributed by atoms with Gasteiger partial charge in [-0.2, -0.15) is 0 Å². The molecule has 2 nitrogen and oxygen atoms in total. The molecule has 0 bridgehead atoms. The second kappa shape index (κ2) is 33.5.